The smallest absolute Gasteiger partial charge is 0.251 e. The molecule has 0 aliphatic carbocycles. The minimum atomic E-state index is -0.113. The molecule has 1 amide bonds. The van der Waals surface area contributed by atoms with E-state index in [0.29, 0.717) is 18.0 Å². The van der Waals surface area contributed by atoms with Crippen LogP contribution in [-0.4, -0.2) is 64.5 Å². The molecule has 0 radical (unpaired) electrons. The van der Waals surface area contributed by atoms with Crippen LogP contribution in [0.3, 0.4) is 0 Å². The third-order valence-electron chi connectivity index (χ3n) is 7.52. The molecular weight excluding hydrogens is 474 g/mol. The first-order valence-corrected chi connectivity index (χ1v) is 13.3. The number of carbonyl (C=O) groups excluding carboxylic acids is 1. The van der Waals surface area contributed by atoms with E-state index in [-0.39, 0.29) is 11.8 Å². The molecule has 0 spiro atoms. The van der Waals surface area contributed by atoms with E-state index in [2.05, 4.69) is 62.7 Å². The maximum Gasteiger partial charge on any atom is 0.251 e. The Morgan fingerprint density at radius 3 is 2.68 bits per heavy atom. The summed E-state index contributed by atoms with van der Waals surface area (Å²) >= 11 is 0. The van der Waals surface area contributed by atoms with Crippen molar-refractivity contribution in [3.05, 3.63) is 78.0 Å². The van der Waals surface area contributed by atoms with Crippen molar-refractivity contribution in [3.63, 3.8) is 0 Å². The van der Waals surface area contributed by atoms with E-state index in [1.807, 2.05) is 24.4 Å². The van der Waals surface area contributed by atoms with Crippen molar-refractivity contribution in [2.75, 3.05) is 39.0 Å². The summed E-state index contributed by atoms with van der Waals surface area (Å²) in [6, 6.07) is 14.0. The third-order valence-corrected chi connectivity index (χ3v) is 7.52. The van der Waals surface area contributed by atoms with E-state index in [9.17, 15) is 4.79 Å². The number of carbonyl (C=O) groups is 1. The minimum Gasteiger partial charge on any atom is -0.369 e. The zero-order valence-electron chi connectivity index (χ0n) is 22.3. The predicted octanol–water partition coefficient (Wildman–Crippen LogP) is 4.55. The van der Waals surface area contributed by atoms with Crippen LogP contribution in [-0.2, 0) is 6.42 Å². The molecule has 2 N–H and O–H groups in total. The summed E-state index contributed by atoms with van der Waals surface area (Å²) in [5, 5.41) is 7.02. The van der Waals surface area contributed by atoms with E-state index in [4.69, 9.17) is 4.98 Å². The van der Waals surface area contributed by atoms with Crippen molar-refractivity contribution in [2.45, 2.75) is 32.1 Å². The SMILES string of the molecule is CNC(=O)c1ccnc2c(C(C)CNc3cc(-c4ccc(CC5CCN(C)CC5)nc4)ncn3)cccc12. The van der Waals surface area contributed by atoms with E-state index < -0.39 is 0 Å². The molecule has 1 fully saturated rings. The van der Waals surface area contributed by atoms with Gasteiger partial charge in [-0.1, -0.05) is 25.1 Å². The maximum absolute atomic E-state index is 12.3. The fourth-order valence-corrected chi connectivity index (χ4v) is 5.17. The summed E-state index contributed by atoms with van der Waals surface area (Å²) in [7, 11) is 3.83. The highest BCUT2D eigenvalue weighted by atomic mass is 16.1. The highest BCUT2D eigenvalue weighted by Crippen LogP contribution is 2.27. The summed E-state index contributed by atoms with van der Waals surface area (Å²) in [5.41, 5.74) is 5.53. The van der Waals surface area contributed by atoms with Gasteiger partial charge >= 0.3 is 0 Å². The van der Waals surface area contributed by atoms with Crippen molar-refractivity contribution in [2.24, 2.45) is 5.92 Å². The van der Waals surface area contributed by atoms with Gasteiger partial charge in [-0.15, -0.1) is 0 Å². The number of pyridine rings is 2. The Kier molecular flexibility index (Phi) is 7.89. The number of nitrogens with one attached hydrogen (secondary N) is 2. The number of benzene rings is 1. The summed E-state index contributed by atoms with van der Waals surface area (Å²) in [4.78, 5) is 33.0. The normalized spacial score (nSPS) is 15.3. The molecular formula is C30H35N7O. The standard InChI is InChI=1S/C30H35N7O/c1-20(24-5-4-6-25-26(30(38)31-2)9-12-32-29(24)25)17-34-28-16-27(35-19-36-28)22-7-8-23(33-18-22)15-21-10-13-37(3)14-11-21/h4-9,12,16,18-21H,10-11,13-15,17H2,1-3H3,(H,31,38)(H,34,35,36). The summed E-state index contributed by atoms with van der Waals surface area (Å²) in [6.45, 7) is 5.15. The van der Waals surface area contributed by atoms with Gasteiger partial charge in [-0.25, -0.2) is 9.97 Å². The number of aromatic nitrogens is 4. The second-order valence-corrected chi connectivity index (χ2v) is 10.2. The van der Waals surface area contributed by atoms with Crippen LogP contribution in [0.25, 0.3) is 22.2 Å². The molecule has 1 saturated heterocycles. The largest absolute Gasteiger partial charge is 0.369 e. The van der Waals surface area contributed by atoms with Crippen LogP contribution in [0.2, 0.25) is 0 Å². The van der Waals surface area contributed by atoms with Crippen molar-refractivity contribution >= 4 is 22.6 Å². The van der Waals surface area contributed by atoms with Gasteiger partial charge in [0.15, 0.2) is 0 Å². The van der Waals surface area contributed by atoms with Crippen LogP contribution < -0.4 is 10.6 Å². The molecule has 1 atom stereocenters. The molecule has 8 heteroatoms. The number of nitrogens with zero attached hydrogens (tertiary/aromatic N) is 5. The lowest BCUT2D eigenvalue weighted by molar-refractivity contribution is 0.0964. The summed E-state index contributed by atoms with van der Waals surface area (Å²) in [5.74, 6) is 1.51. The fourth-order valence-electron chi connectivity index (χ4n) is 5.17. The molecule has 3 aromatic heterocycles. The van der Waals surface area contributed by atoms with E-state index in [1.54, 1.807) is 25.6 Å². The van der Waals surface area contributed by atoms with Crippen LogP contribution in [0.1, 0.15) is 47.3 Å². The second kappa shape index (κ2) is 11.6. The van der Waals surface area contributed by atoms with E-state index in [1.165, 1.54) is 25.9 Å². The average Bonchev–Trinajstić information content (AvgIpc) is 2.96. The van der Waals surface area contributed by atoms with Gasteiger partial charge in [-0.05, 0) is 69.1 Å². The summed E-state index contributed by atoms with van der Waals surface area (Å²) < 4.78 is 0. The Bertz CT molecular complexity index is 1400. The number of piperidine rings is 1. The topological polar surface area (TPSA) is 95.9 Å². The van der Waals surface area contributed by atoms with Gasteiger partial charge in [0.25, 0.3) is 5.91 Å². The highest BCUT2D eigenvalue weighted by Gasteiger charge is 2.18. The van der Waals surface area contributed by atoms with Crippen molar-refractivity contribution in [1.82, 2.24) is 30.2 Å². The van der Waals surface area contributed by atoms with Crippen LogP contribution in [0.15, 0.2) is 61.2 Å². The van der Waals surface area contributed by atoms with Crippen LogP contribution in [0.4, 0.5) is 5.82 Å². The minimum absolute atomic E-state index is 0.113. The van der Waals surface area contributed by atoms with Crippen LogP contribution in [0, 0.1) is 5.92 Å². The van der Waals surface area contributed by atoms with Gasteiger partial charge in [0.2, 0.25) is 0 Å². The molecule has 5 rings (SSSR count). The number of rotatable bonds is 8. The fraction of sp³-hybridized carbons (Fsp3) is 0.367. The number of para-hydroxylation sites is 1. The van der Waals surface area contributed by atoms with Crippen LogP contribution in [0.5, 0.6) is 0 Å². The van der Waals surface area contributed by atoms with E-state index >= 15 is 0 Å². The Balaban J connectivity index is 1.25. The third kappa shape index (κ3) is 5.81. The number of anilines is 1. The molecule has 8 nitrogen and oxygen atoms in total. The number of amides is 1. The molecule has 1 aliphatic heterocycles. The van der Waals surface area contributed by atoms with Gasteiger partial charge in [0.1, 0.15) is 12.1 Å². The lowest BCUT2D eigenvalue weighted by Gasteiger charge is -2.28. The number of hydrogen-bond acceptors (Lipinski definition) is 7. The van der Waals surface area contributed by atoms with Gasteiger partial charge < -0.3 is 15.5 Å². The van der Waals surface area contributed by atoms with Crippen molar-refractivity contribution in [1.29, 1.82) is 0 Å². The average molecular weight is 510 g/mol. The zero-order valence-corrected chi connectivity index (χ0v) is 22.3. The highest BCUT2D eigenvalue weighted by molar-refractivity contribution is 6.06. The molecule has 1 aliphatic rings. The first kappa shape index (κ1) is 25.7. The van der Waals surface area contributed by atoms with E-state index in [0.717, 1.165) is 45.7 Å². The lowest BCUT2D eigenvalue weighted by atomic mass is 9.92. The molecule has 0 bridgehead atoms. The van der Waals surface area contributed by atoms with Crippen molar-refractivity contribution < 1.29 is 4.79 Å². The molecule has 4 aromatic rings. The Labute approximate surface area is 224 Å². The molecule has 0 saturated carbocycles. The molecule has 1 unspecified atom stereocenters. The second-order valence-electron chi connectivity index (χ2n) is 10.2. The molecule has 38 heavy (non-hydrogen) atoms. The maximum atomic E-state index is 12.3. The predicted molar refractivity (Wildman–Crippen MR) is 151 cm³/mol. The molecule has 1 aromatic carbocycles. The lowest BCUT2D eigenvalue weighted by Crippen LogP contribution is -2.31. The summed E-state index contributed by atoms with van der Waals surface area (Å²) in [6.07, 6.45) is 8.72. The molecule has 196 valence electrons. The quantitative estimate of drug-likeness (QED) is 0.360. The Morgan fingerprint density at radius 2 is 1.92 bits per heavy atom. The number of likely N-dealkylation sites (tertiary alicyclic amines) is 1. The Morgan fingerprint density at radius 1 is 1.08 bits per heavy atom. The Hall–Kier alpha value is -3.91. The van der Waals surface area contributed by atoms with Gasteiger partial charge in [0, 0.05) is 54.6 Å². The first-order chi connectivity index (χ1) is 18.5. The zero-order chi connectivity index (χ0) is 26.5. The van der Waals surface area contributed by atoms with Gasteiger partial charge in [0.05, 0.1) is 16.8 Å². The van der Waals surface area contributed by atoms with Crippen molar-refractivity contribution in [3.8, 4) is 11.3 Å². The first-order valence-electron chi connectivity index (χ1n) is 13.3. The monoisotopic (exact) mass is 509 g/mol. The number of fused-ring (bicyclic) bond motifs is 1. The van der Waals surface area contributed by atoms with Gasteiger partial charge in [-0.3, -0.25) is 14.8 Å². The van der Waals surface area contributed by atoms with Crippen LogP contribution >= 0.6 is 0 Å². The number of hydrogen-bond donors (Lipinski definition) is 2. The molecule has 4 heterocycles. The van der Waals surface area contributed by atoms with Gasteiger partial charge in [-0.2, -0.15) is 0 Å².